The van der Waals surface area contributed by atoms with Gasteiger partial charge in [-0.05, 0) is 64.2 Å². The lowest BCUT2D eigenvalue weighted by Gasteiger charge is -2.48. The minimum absolute atomic E-state index is 0.244. The van der Waals surface area contributed by atoms with Crippen LogP contribution in [0.5, 0.6) is 0 Å². The lowest BCUT2D eigenvalue weighted by atomic mass is 9.96. The van der Waals surface area contributed by atoms with E-state index in [9.17, 15) is 61.0 Å². The van der Waals surface area contributed by atoms with Crippen molar-refractivity contribution in [3.63, 3.8) is 0 Å². The van der Waals surface area contributed by atoms with E-state index >= 15 is 0 Å². The van der Waals surface area contributed by atoms with Gasteiger partial charge in [0.15, 0.2) is 18.9 Å². The zero-order valence-corrected chi connectivity index (χ0v) is 57.9. The molecule has 3 fully saturated rings. The number of nitrogens with one attached hydrogen (secondary N) is 1. The van der Waals surface area contributed by atoms with Crippen molar-refractivity contribution in [2.45, 2.75) is 369 Å². The number of hydrogen-bond acceptors (Lipinski definition) is 18. The fraction of sp³-hybridized carbons (Fsp3) is 0.827. The van der Waals surface area contributed by atoms with Gasteiger partial charge in [0, 0.05) is 6.42 Å². The van der Waals surface area contributed by atoms with Crippen LogP contribution in [0.4, 0.5) is 0 Å². The van der Waals surface area contributed by atoms with E-state index < -0.39 is 124 Å². The molecule has 12 N–H and O–H groups in total. The summed E-state index contributed by atoms with van der Waals surface area (Å²) in [6.45, 7) is 1.59. The summed E-state index contributed by atoms with van der Waals surface area (Å²) in [6, 6.07) is -0.971. The second-order valence-electron chi connectivity index (χ2n) is 26.4. The molecule has 19 heteroatoms. The molecule has 0 radical (unpaired) electrons. The number of hydrogen-bond donors (Lipinski definition) is 12. The molecule has 19 nitrogen and oxygen atoms in total. The zero-order chi connectivity index (χ0) is 68.2. The fourth-order valence-corrected chi connectivity index (χ4v) is 12.3. The minimum atomic E-state index is -1.98. The molecule has 0 spiro atoms. The first kappa shape index (κ1) is 85.5. The average Bonchev–Trinajstić information content (AvgIpc) is 0.788. The first-order valence-corrected chi connectivity index (χ1v) is 37.2. The molecule has 1 amide bonds. The largest absolute Gasteiger partial charge is 0.394 e. The van der Waals surface area contributed by atoms with E-state index in [2.05, 4.69) is 79.9 Å². The number of amides is 1. The molecule has 17 unspecified atom stereocenters. The van der Waals surface area contributed by atoms with Crippen molar-refractivity contribution >= 4 is 5.91 Å². The number of aliphatic hydroxyl groups excluding tert-OH is 11. The lowest BCUT2D eigenvalue weighted by molar-refractivity contribution is -0.379. The summed E-state index contributed by atoms with van der Waals surface area (Å²) in [7, 11) is 0. The highest BCUT2D eigenvalue weighted by Crippen LogP contribution is 2.33. The normalized spacial score (nSPS) is 27.8. The Hall–Kier alpha value is -2.77. The quantitative estimate of drug-likeness (QED) is 0.0199. The van der Waals surface area contributed by atoms with Crippen molar-refractivity contribution in [1.82, 2.24) is 5.32 Å². The van der Waals surface area contributed by atoms with Crippen molar-refractivity contribution in [2.24, 2.45) is 0 Å². The van der Waals surface area contributed by atoms with E-state index in [1.165, 1.54) is 161 Å². The van der Waals surface area contributed by atoms with Crippen LogP contribution in [0.15, 0.2) is 72.9 Å². The molecular weight excluding hydrogens is 1200 g/mol. The third kappa shape index (κ3) is 36.9. The van der Waals surface area contributed by atoms with Gasteiger partial charge in [0.25, 0.3) is 0 Å². The average molecular weight is 1340 g/mol. The maximum atomic E-state index is 13.4. The number of unbranched alkanes of at least 4 members (excludes halogenated alkanes) is 31. The monoisotopic (exact) mass is 1340 g/mol. The van der Waals surface area contributed by atoms with Gasteiger partial charge in [-0.2, -0.15) is 0 Å². The predicted molar refractivity (Wildman–Crippen MR) is 369 cm³/mol. The third-order valence-electron chi connectivity index (χ3n) is 18.3. The van der Waals surface area contributed by atoms with Gasteiger partial charge in [0.1, 0.15) is 73.2 Å². The second kappa shape index (κ2) is 56.0. The van der Waals surface area contributed by atoms with Crippen LogP contribution in [-0.2, 0) is 33.2 Å². The van der Waals surface area contributed by atoms with E-state index in [1.54, 1.807) is 6.08 Å². The number of carbonyl (C=O) groups is 1. The molecule has 0 aromatic carbocycles. The molecule has 0 aliphatic carbocycles. The van der Waals surface area contributed by atoms with Gasteiger partial charge in [0.2, 0.25) is 5.91 Å². The van der Waals surface area contributed by atoms with Crippen molar-refractivity contribution in [3.8, 4) is 0 Å². The van der Waals surface area contributed by atoms with E-state index in [0.29, 0.717) is 6.42 Å². The SMILES string of the molecule is CC/C=C\C/C=C\C/C=C\C/C=C\C/C=C\CCCCCCCCCCCCCCCCCCCCCCCCCC(=O)NC(COC1OC(CO)C(OC2OC(CO)C(OC3OC(CO)C(O)C(O)C3O)C(O)C2O)C(O)C1O)C(O)/C=C/CCCCCCCCCC. The number of ether oxygens (including phenoxy) is 6. The Balaban J connectivity index is 1.27. The zero-order valence-electron chi connectivity index (χ0n) is 57.9. The van der Waals surface area contributed by atoms with Gasteiger partial charge in [-0.3, -0.25) is 4.79 Å². The van der Waals surface area contributed by atoms with Gasteiger partial charge >= 0.3 is 0 Å². The number of rotatable bonds is 57. The number of allylic oxidation sites excluding steroid dienone is 11. The van der Waals surface area contributed by atoms with Crippen molar-refractivity contribution in [1.29, 1.82) is 0 Å². The molecule has 0 bridgehead atoms. The number of aliphatic hydroxyl groups is 11. The van der Waals surface area contributed by atoms with Crippen LogP contribution >= 0.6 is 0 Å². The van der Waals surface area contributed by atoms with Crippen LogP contribution < -0.4 is 5.32 Å². The molecule has 0 aromatic heterocycles. The summed E-state index contributed by atoms with van der Waals surface area (Å²) in [4.78, 5) is 13.4. The summed E-state index contributed by atoms with van der Waals surface area (Å²) < 4.78 is 34.3. The topological polar surface area (TPSA) is 307 Å². The Bertz CT molecular complexity index is 1980. The van der Waals surface area contributed by atoms with Gasteiger partial charge < -0.3 is 89.9 Å². The maximum Gasteiger partial charge on any atom is 0.220 e. The summed E-state index contributed by atoms with van der Waals surface area (Å²) in [6.07, 6.45) is 45.0. The summed E-state index contributed by atoms with van der Waals surface area (Å²) in [5, 5.41) is 120. The molecule has 0 saturated carbocycles. The molecule has 3 rings (SSSR count). The first-order chi connectivity index (χ1) is 45.8. The third-order valence-corrected chi connectivity index (χ3v) is 18.3. The maximum absolute atomic E-state index is 13.4. The molecule has 0 aromatic rings. The summed E-state index contributed by atoms with van der Waals surface area (Å²) in [5.74, 6) is -0.275. The minimum Gasteiger partial charge on any atom is -0.394 e. The highest BCUT2D eigenvalue weighted by molar-refractivity contribution is 5.76. The molecule has 3 aliphatic heterocycles. The van der Waals surface area contributed by atoms with Crippen LogP contribution in [0, 0.1) is 0 Å². The van der Waals surface area contributed by atoms with Crippen LogP contribution in [0.25, 0.3) is 0 Å². The van der Waals surface area contributed by atoms with E-state index in [4.69, 9.17) is 28.4 Å². The second-order valence-corrected chi connectivity index (χ2v) is 26.4. The summed E-state index contributed by atoms with van der Waals surface area (Å²) >= 11 is 0. The van der Waals surface area contributed by atoms with Crippen LogP contribution in [0.1, 0.15) is 264 Å². The molecule has 3 heterocycles. The molecule has 3 saturated heterocycles. The Morgan fingerprint density at radius 1 is 0.394 bits per heavy atom. The van der Waals surface area contributed by atoms with Crippen LogP contribution in [0.2, 0.25) is 0 Å². The lowest BCUT2D eigenvalue weighted by Crippen LogP contribution is -2.66. The van der Waals surface area contributed by atoms with Crippen molar-refractivity contribution in [3.05, 3.63) is 72.9 Å². The van der Waals surface area contributed by atoms with E-state index in [1.807, 2.05) is 6.08 Å². The molecule has 94 heavy (non-hydrogen) atoms. The molecule has 3 aliphatic rings. The van der Waals surface area contributed by atoms with Gasteiger partial charge in [-0.15, -0.1) is 0 Å². The standard InChI is InChI=1S/C75H133NO18/c1-3-5-7-9-11-13-15-16-17-18-19-20-21-22-23-24-25-26-27-28-29-30-31-32-33-34-35-36-37-38-39-40-41-42-43-45-47-49-51-53-63(81)76-58(59(80)52-50-48-46-44-14-12-10-8-6-4-2)57-89-73-69(87)66(84)71(61(55-78)91-73)94-75-70(88)67(85)72(62(56-79)92-75)93-74-68(86)65(83)64(82)60(54-77)90-74/h5,7,11,13,16-17,19-20,22-23,50,52,58-62,64-75,77-80,82-88H,3-4,6,8-10,12,14-15,18,21,24-49,51,53-57H2,1-2H3,(H,76,81)/b7-5-,13-11-,17-16-,20-19-,23-22-,52-50+. The van der Waals surface area contributed by atoms with Crippen molar-refractivity contribution in [2.75, 3.05) is 26.4 Å². The van der Waals surface area contributed by atoms with Gasteiger partial charge in [-0.25, -0.2) is 0 Å². The van der Waals surface area contributed by atoms with E-state index in [0.717, 1.165) is 77.0 Å². The first-order valence-electron chi connectivity index (χ1n) is 37.2. The Labute approximate surface area is 566 Å². The molecule has 17 atom stereocenters. The molecular formula is C75H133NO18. The molecule has 546 valence electrons. The smallest absolute Gasteiger partial charge is 0.220 e. The number of carbonyl (C=O) groups excluding carboxylic acids is 1. The van der Waals surface area contributed by atoms with Gasteiger partial charge in [-0.1, -0.05) is 267 Å². The highest BCUT2D eigenvalue weighted by Gasteiger charge is 2.53. The predicted octanol–water partition coefficient (Wildman–Crippen LogP) is 10.9. The van der Waals surface area contributed by atoms with Crippen molar-refractivity contribution < 1.29 is 89.4 Å². The summed E-state index contributed by atoms with van der Waals surface area (Å²) in [5.41, 5.74) is 0. The Morgan fingerprint density at radius 2 is 0.734 bits per heavy atom. The van der Waals surface area contributed by atoms with Crippen LogP contribution in [0.3, 0.4) is 0 Å². The van der Waals surface area contributed by atoms with E-state index in [-0.39, 0.29) is 18.9 Å². The Morgan fingerprint density at radius 3 is 1.15 bits per heavy atom. The fourth-order valence-electron chi connectivity index (χ4n) is 12.3. The Kier molecular flexibility index (Phi) is 50.9. The van der Waals surface area contributed by atoms with Gasteiger partial charge in [0.05, 0.1) is 38.6 Å². The van der Waals surface area contributed by atoms with Crippen LogP contribution in [-0.4, -0.2) is 193 Å². The highest BCUT2D eigenvalue weighted by atomic mass is 16.8.